The van der Waals surface area contributed by atoms with E-state index in [9.17, 15) is 0 Å². The molecule has 2 aromatic carbocycles. The number of nitrogens with zero attached hydrogens (tertiary/aromatic N) is 2. The minimum Gasteiger partial charge on any atom is -0.497 e. The van der Waals surface area contributed by atoms with Gasteiger partial charge in [-0.05, 0) is 35.7 Å². The van der Waals surface area contributed by atoms with E-state index in [1.165, 1.54) is 0 Å². The van der Waals surface area contributed by atoms with Crippen LogP contribution >= 0.6 is 12.4 Å². The SMILES string of the molecule is COc1ccc2c(c1)CC(c1nc(-c3ccc(CN)cc3)no1)CO2.Cl. The van der Waals surface area contributed by atoms with Gasteiger partial charge in [-0.25, -0.2) is 0 Å². The van der Waals surface area contributed by atoms with Crippen molar-refractivity contribution in [3.05, 3.63) is 59.5 Å². The molecule has 0 saturated heterocycles. The number of rotatable bonds is 4. The highest BCUT2D eigenvalue weighted by Gasteiger charge is 2.26. The Morgan fingerprint density at radius 1 is 1.19 bits per heavy atom. The van der Waals surface area contributed by atoms with Crippen LogP contribution in [0.3, 0.4) is 0 Å². The van der Waals surface area contributed by atoms with E-state index in [4.69, 9.17) is 19.7 Å². The number of ether oxygens (including phenoxy) is 2. The van der Waals surface area contributed by atoms with Gasteiger partial charge in [-0.2, -0.15) is 4.98 Å². The Bertz CT molecular complexity index is 880. The molecule has 0 amide bonds. The highest BCUT2D eigenvalue weighted by atomic mass is 35.5. The number of hydrogen-bond acceptors (Lipinski definition) is 6. The van der Waals surface area contributed by atoms with E-state index < -0.39 is 0 Å². The maximum Gasteiger partial charge on any atom is 0.233 e. The molecular formula is C19H20ClN3O3. The van der Waals surface area contributed by atoms with Crippen molar-refractivity contribution in [3.8, 4) is 22.9 Å². The number of halogens is 1. The summed E-state index contributed by atoms with van der Waals surface area (Å²) in [5, 5.41) is 4.11. The summed E-state index contributed by atoms with van der Waals surface area (Å²) >= 11 is 0. The molecule has 2 heterocycles. The molecule has 1 unspecified atom stereocenters. The van der Waals surface area contributed by atoms with Crippen molar-refractivity contribution in [1.82, 2.24) is 10.1 Å². The minimum absolute atomic E-state index is 0. The normalized spacial score (nSPS) is 15.5. The zero-order valence-corrected chi connectivity index (χ0v) is 15.2. The van der Waals surface area contributed by atoms with Gasteiger partial charge in [0.1, 0.15) is 18.1 Å². The summed E-state index contributed by atoms with van der Waals surface area (Å²) in [6.07, 6.45) is 0.778. The third-order valence-electron chi connectivity index (χ3n) is 4.41. The lowest BCUT2D eigenvalue weighted by atomic mass is 9.96. The van der Waals surface area contributed by atoms with Crippen LogP contribution in [0.2, 0.25) is 0 Å². The summed E-state index contributed by atoms with van der Waals surface area (Å²) in [6, 6.07) is 13.7. The van der Waals surface area contributed by atoms with Gasteiger partial charge in [0.05, 0.1) is 13.0 Å². The molecule has 26 heavy (non-hydrogen) atoms. The smallest absolute Gasteiger partial charge is 0.233 e. The van der Waals surface area contributed by atoms with Gasteiger partial charge < -0.3 is 19.7 Å². The summed E-state index contributed by atoms with van der Waals surface area (Å²) in [4.78, 5) is 4.55. The molecule has 0 bridgehead atoms. The van der Waals surface area contributed by atoms with Crippen molar-refractivity contribution < 1.29 is 14.0 Å². The molecule has 6 nitrogen and oxygen atoms in total. The zero-order valence-electron chi connectivity index (χ0n) is 14.3. The Kier molecular flexibility index (Phi) is 5.44. The second-order valence-electron chi connectivity index (χ2n) is 6.04. The molecule has 0 radical (unpaired) electrons. The number of benzene rings is 2. The number of aromatic nitrogens is 2. The average molecular weight is 374 g/mol. The standard InChI is InChI=1S/C19H19N3O3.ClH/c1-23-16-6-7-17-14(9-16)8-15(11-24-17)19-21-18(22-25-19)13-4-2-12(10-20)3-5-13;/h2-7,9,15H,8,10-11,20H2,1H3;1H. The molecule has 0 fully saturated rings. The largest absolute Gasteiger partial charge is 0.497 e. The van der Waals surface area contributed by atoms with Gasteiger partial charge in [0.2, 0.25) is 11.7 Å². The van der Waals surface area contributed by atoms with Crippen LogP contribution in [-0.2, 0) is 13.0 Å². The third-order valence-corrected chi connectivity index (χ3v) is 4.41. The zero-order chi connectivity index (χ0) is 17.2. The molecular weight excluding hydrogens is 354 g/mol. The fourth-order valence-corrected chi connectivity index (χ4v) is 2.96. The molecule has 136 valence electrons. The highest BCUT2D eigenvalue weighted by molar-refractivity contribution is 5.85. The molecule has 4 rings (SSSR count). The van der Waals surface area contributed by atoms with Crippen molar-refractivity contribution in [1.29, 1.82) is 0 Å². The fourth-order valence-electron chi connectivity index (χ4n) is 2.96. The van der Waals surface area contributed by atoms with Gasteiger partial charge in [-0.15, -0.1) is 12.4 Å². The molecule has 0 spiro atoms. The molecule has 2 N–H and O–H groups in total. The maximum atomic E-state index is 5.84. The van der Waals surface area contributed by atoms with Gasteiger partial charge in [0, 0.05) is 12.1 Å². The molecule has 0 aliphatic carbocycles. The van der Waals surface area contributed by atoms with Crippen molar-refractivity contribution in [2.75, 3.05) is 13.7 Å². The number of fused-ring (bicyclic) bond motifs is 1. The number of methoxy groups -OCH3 is 1. The Labute approximate surface area is 157 Å². The van der Waals surface area contributed by atoms with E-state index in [1.807, 2.05) is 42.5 Å². The molecule has 0 saturated carbocycles. The molecule has 1 aromatic heterocycles. The van der Waals surface area contributed by atoms with Crippen LogP contribution in [0.5, 0.6) is 11.5 Å². The number of hydrogen-bond donors (Lipinski definition) is 1. The van der Waals surface area contributed by atoms with E-state index in [0.717, 1.165) is 34.6 Å². The summed E-state index contributed by atoms with van der Waals surface area (Å²) in [6.45, 7) is 1.03. The van der Waals surface area contributed by atoms with Crippen LogP contribution in [0.4, 0.5) is 0 Å². The van der Waals surface area contributed by atoms with Crippen molar-refractivity contribution >= 4 is 12.4 Å². The monoisotopic (exact) mass is 373 g/mol. The van der Waals surface area contributed by atoms with E-state index in [1.54, 1.807) is 7.11 Å². The van der Waals surface area contributed by atoms with Crippen LogP contribution in [0.1, 0.15) is 22.9 Å². The maximum absolute atomic E-state index is 5.84. The van der Waals surface area contributed by atoms with Crippen molar-refractivity contribution in [3.63, 3.8) is 0 Å². The Morgan fingerprint density at radius 3 is 2.73 bits per heavy atom. The molecule has 1 aliphatic rings. The quantitative estimate of drug-likeness (QED) is 0.755. The third kappa shape index (κ3) is 3.52. The summed E-state index contributed by atoms with van der Waals surface area (Å²) in [7, 11) is 1.66. The highest BCUT2D eigenvalue weighted by Crippen LogP contribution is 2.34. The van der Waals surface area contributed by atoms with Crippen molar-refractivity contribution in [2.45, 2.75) is 18.9 Å². The summed E-state index contributed by atoms with van der Waals surface area (Å²) in [5.41, 5.74) is 8.69. The second kappa shape index (κ2) is 7.76. The summed E-state index contributed by atoms with van der Waals surface area (Å²) in [5.74, 6) is 2.90. The van der Waals surface area contributed by atoms with E-state index in [2.05, 4.69) is 10.1 Å². The number of nitrogens with two attached hydrogens (primary N) is 1. The lowest BCUT2D eigenvalue weighted by Gasteiger charge is -2.23. The summed E-state index contributed by atoms with van der Waals surface area (Å²) < 4.78 is 16.6. The van der Waals surface area contributed by atoms with Gasteiger partial charge in [-0.1, -0.05) is 29.4 Å². The van der Waals surface area contributed by atoms with E-state index in [-0.39, 0.29) is 18.3 Å². The first-order valence-electron chi connectivity index (χ1n) is 8.19. The minimum atomic E-state index is 0. The topological polar surface area (TPSA) is 83.4 Å². The average Bonchev–Trinajstić information content (AvgIpc) is 3.17. The van der Waals surface area contributed by atoms with Crippen LogP contribution in [0.25, 0.3) is 11.4 Å². The second-order valence-corrected chi connectivity index (χ2v) is 6.04. The van der Waals surface area contributed by atoms with Gasteiger partial charge in [0.25, 0.3) is 0 Å². The van der Waals surface area contributed by atoms with E-state index in [0.29, 0.717) is 24.9 Å². The Morgan fingerprint density at radius 2 is 2.00 bits per heavy atom. The van der Waals surface area contributed by atoms with E-state index >= 15 is 0 Å². The van der Waals surface area contributed by atoms with Crippen LogP contribution in [0.15, 0.2) is 47.0 Å². The first-order chi connectivity index (χ1) is 12.3. The van der Waals surface area contributed by atoms with Crippen LogP contribution in [0, 0.1) is 0 Å². The lowest BCUT2D eigenvalue weighted by Crippen LogP contribution is -2.19. The van der Waals surface area contributed by atoms with Gasteiger partial charge in [0.15, 0.2) is 0 Å². The van der Waals surface area contributed by atoms with Crippen LogP contribution in [-0.4, -0.2) is 23.9 Å². The first-order valence-corrected chi connectivity index (χ1v) is 8.19. The van der Waals surface area contributed by atoms with Gasteiger partial charge >= 0.3 is 0 Å². The molecule has 1 atom stereocenters. The molecule has 3 aromatic rings. The molecule has 1 aliphatic heterocycles. The fraction of sp³-hybridized carbons (Fsp3) is 0.263. The first kappa shape index (κ1) is 18.2. The van der Waals surface area contributed by atoms with Crippen molar-refractivity contribution in [2.24, 2.45) is 5.73 Å². The lowest BCUT2D eigenvalue weighted by molar-refractivity contribution is 0.230. The Hall–Kier alpha value is -2.57. The predicted octanol–water partition coefficient (Wildman–Crippen LogP) is 3.34. The molecule has 7 heteroatoms. The Balaban J connectivity index is 0.00000196. The van der Waals surface area contributed by atoms with Gasteiger partial charge in [-0.3, -0.25) is 0 Å². The predicted molar refractivity (Wildman–Crippen MR) is 99.8 cm³/mol. The van der Waals surface area contributed by atoms with Crippen LogP contribution < -0.4 is 15.2 Å².